The summed E-state index contributed by atoms with van der Waals surface area (Å²) in [6.07, 6.45) is 2.18. The third-order valence-electron chi connectivity index (χ3n) is 4.51. The standard InChI is InChI=1S/C17H19ClN2O6S2/c1-17(23)7-2-8-20(14(17)15(21)22)28(24,25)13-5-3-11(4-6-13)26-10-12-9-19-16(18)27-12/h3-6,9,14,23H,2,7-8,10H2,1H3,(H,21,22)/t14-,17-/m0/s1. The zero-order valence-electron chi connectivity index (χ0n) is 14.9. The summed E-state index contributed by atoms with van der Waals surface area (Å²) in [5.74, 6) is -0.930. The number of nitrogens with zero attached hydrogens (tertiary/aromatic N) is 2. The molecule has 2 aromatic rings. The SMILES string of the molecule is C[C@]1(O)CCCN(S(=O)(=O)c2ccc(OCc3cnc(Cl)s3)cc2)[C@H]1C(=O)O. The number of aliphatic carboxylic acids is 1. The number of benzene rings is 1. The number of carboxylic acid groups (broad SMARTS) is 1. The van der Waals surface area contributed by atoms with Crippen LogP contribution in [0.5, 0.6) is 5.75 Å². The Morgan fingerprint density at radius 1 is 1.43 bits per heavy atom. The van der Waals surface area contributed by atoms with Gasteiger partial charge in [-0.15, -0.1) is 11.3 Å². The molecule has 0 saturated carbocycles. The summed E-state index contributed by atoms with van der Waals surface area (Å²) < 4.78 is 32.8. The molecule has 1 aliphatic heterocycles. The average Bonchev–Trinajstić information content (AvgIpc) is 3.04. The molecule has 152 valence electrons. The predicted molar refractivity (Wildman–Crippen MR) is 103 cm³/mol. The number of thiazole rings is 1. The van der Waals surface area contributed by atoms with E-state index in [1.165, 1.54) is 42.5 Å². The molecule has 0 radical (unpaired) electrons. The van der Waals surface area contributed by atoms with Gasteiger partial charge in [-0.25, -0.2) is 13.4 Å². The fourth-order valence-corrected chi connectivity index (χ4v) is 5.77. The molecule has 0 spiro atoms. The molecule has 11 heteroatoms. The highest BCUT2D eigenvalue weighted by atomic mass is 35.5. The second-order valence-electron chi connectivity index (χ2n) is 6.66. The van der Waals surface area contributed by atoms with Gasteiger partial charge in [0.2, 0.25) is 10.0 Å². The maximum atomic E-state index is 13.0. The van der Waals surface area contributed by atoms with Gasteiger partial charge in [-0.05, 0) is 44.0 Å². The predicted octanol–water partition coefficient (Wildman–Crippen LogP) is 2.36. The van der Waals surface area contributed by atoms with Gasteiger partial charge in [0.1, 0.15) is 12.4 Å². The second kappa shape index (κ2) is 7.96. The number of aliphatic hydroxyl groups is 1. The first-order chi connectivity index (χ1) is 13.1. The third kappa shape index (κ3) is 4.31. The molecule has 0 amide bonds. The van der Waals surface area contributed by atoms with E-state index in [4.69, 9.17) is 16.3 Å². The molecule has 1 aromatic carbocycles. The fraction of sp³-hybridized carbons (Fsp3) is 0.412. The monoisotopic (exact) mass is 446 g/mol. The summed E-state index contributed by atoms with van der Waals surface area (Å²) in [6, 6.07) is 4.15. The number of hydrogen-bond donors (Lipinski definition) is 2. The van der Waals surface area contributed by atoms with E-state index in [1.807, 2.05) is 0 Å². The molecule has 0 aliphatic carbocycles. The Kier molecular flexibility index (Phi) is 5.97. The molecule has 0 unspecified atom stereocenters. The van der Waals surface area contributed by atoms with Crippen molar-refractivity contribution in [3.8, 4) is 5.75 Å². The van der Waals surface area contributed by atoms with Gasteiger partial charge < -0.3 is 14.9 Å². The molecule has 2 heterocycles. The van der Waals surface area contributed by atoms with Crippen molar-refractivity contribution in [2.75, 3.05) is 6.54 Å². The van der Waals surface area contributed by atoms with Crippen molar-refractivity contribution in [2.45, 2.75) is 42.9 Å². The highest BCUT2D eigenvalue weighted by Crippen LogP contribution is 2.33. The van der Waals surface area contributed by atoms with Gasteiger partial charge in [-0.2, -0.15) is 4.31 Å². The number of carbonyl (C=O) groups is 1. The van der Waals surface area contributed by atoms with Crippen LogP contribution >= 0.6 is 22.9 Å². The first-order valence-electron chi connectivity index (χ1n) is 8.41. The van der Waals surface area contributed by atoms with Crippen molar-refractivity contribution in [1.29, 1.82) is 0 Å². The Bertz CT molecular complexity index is 958. The minimum Gasteiger partial charge on any atom is -0.488 e. The minimum atomic E-state index is -4.10. The normalized spacial score (nSPS) is 23.5. The zero-order valence-corrected chi connectivity index (χ0v) is 17.3. The van der Waals surface area contributed by atoms with Crippen molar-refractivity contribution < 1.29 is 28.2 Å². The average molecular weight is 447 g/mol. The molecule has 0 bridgehead atoms. The van der Waals surface area contributed by atoms with E-state index in [0.717, 1.165) is 9.18 Å². The number of piperidine rings is 1. The molecule has 1 saturated heterocycles. The molecule has 2 N–H and O–H groups in total. The lowest BCUT2D eigenvalue weighted by Crippen LogP contribution is -2.60. The first kappa shape index (κ1) is 21.0. The molecule has 1 aromatic heterocycles. The number of halogens is 1. The van der Waals surface area contributed by atoms with E-state index >= 15 is 0 Å². The highest BCUT2D eigenvalue weighted by molar-refractivity contribution is 7.89. The molecular weight excluding hydrogens is 428 g/mol. The van der Waals surface area contributed by atoms with Crippen molar-refractivity contribution in [3.05, 3.63) is 39.8 Å². The summed E-state index contributed by atoms with van der Waals surface area (Å²) in [6.45, 7) is 1.61. The maximum Gasteiger partial charge on any atom is 0.325 e. The van der Waals surface area contributed by atoms with Crippen molar-refractivity contribution in [1.82, 2.24) is 9.29 Å². The smallest absolute Gasteiger partial charge is 0.325 e. The Labute approximate surface area is 171 Å². The van der Waals surface area contributed by atoms with Gasteiger partial charge in [0.15, 0.2) is 10.5 Å². The van der Waals surface area contributed by atoms with Crippen LogP contribution in [0.2, 0.25) is 4.47 Å². The third-order valence-corrected chi connectivity index (χ3v) is 7.48. The van der Waals surface area contributed by atoms with E-state index in [0.29, 0.717) is 16.6 Å². The molecule has 1 aliphatic rings. The minimum absolute atomic E-state index is 0.0276. The first-order valence-corrected chi connectivity index (χ1v) is 11.0. The van der Waals surface area contributed by atoms with Crippen molar-refractivity contribution in [3.63, 3.8) is 0 Å². The van der Waals surface area contributed by atoms with E-state index in [-0.39, 0.29) is 24.5 Å². The van der Waals surface area contributed by atoms with Gasteiger partial charge in [0.05, 0.1) is 15.4 Å². The second-order valence-corrected chi connectivity index (χ2v) is 10.2. The van der Waals surface area contributed by atoms with Crippen LogP contribution in [0, 0.1) is 0 Å². The van der Waals surface area contributed by atoms with Crippen molar-refractivity contribution >= 4 is 38.9 Å². The van der Waals surface area contributed by atoms with Crippen LogP contribution in [0.4, 0.5) is 0 Å². The molecule has 8 nitrogen and oxygen atoms in total. The number of carboxylic acids is 1. The van der Waals surface area contributed by atoms with E-state index in [2.05, 4.69) is 4.98 Å². The quantitative estimate of drug-likeness (QED) is 0.699. The van der Waals surface area contributed by atoms with Crippen LogP contribution < -0.4 is 4.74 Å². The van der Waals surface area contributed by atoms with E-state index in [1.54, 1.807) is 6.20 Å². The van der Waals surface area contributed by atoms with Crippen molar-refractivity contribution in [2.24, 2.45) is 0 Å². The molecule has 2 atom stereocenters. The maximum absolute atomic E-state index is 13.0. The summed E-state index contributed by atoms with van der Waals surface area (Å²) >= 11 is 7.05. The fourth-order valence-electron chi connectivity index (χ4n) is 3.16. The molecule has 28 heavy (non-hydrogen) atoms. The van der Waals surface area contributed by atoms with Crippen LogP contribution in [-0.4, -0.2) is 52.1 Å². The number of aromatic nitrogens is 1. The highest BCUT2D eigenvalue weighted by Gasteiger charge is 2.49. The number of rotatable bonds is 6. The summed E-state index contributed by atoms with van der Waals surface area (Å²) in [5, 5.41) is 19.9. The number of ether oxygens (including phenoxy) is 1. The number of sulfonamides is 1. The Morgan fingerprint density at radius 3 is 2.68 bits per heavy atom. The molecule has 1 fully saturated rings. The van der Waals surface area contributed by atoms with Crippen LogP contribution in [0.15, 0.2) is 35.4 Å². The summed E-state index contributed by atoms with van der Waals surface area (Å²) in [4.78, 5) is 16.3. The number of hydrogen-bond acceptors (Lipinski definition) is 7. The van der Waals surface area contributed by atoms with E-state index < -0.39 is 27.6 Å². The lowest BCUT2D eigenvalue weighted by atomic mass is 9.88. The summed E-state index contributed by atoms with van der Waals surface area (Å²) in [5.41, 5.74) is -1.64. The lowest BCUT2D eigenvalue weighted by molar-refractivity contribution is -0.153. The van der Waals surface area contributed by atoms with Gasteiger partial charge in [-0.1, -0.05) is 11.6 Å². The summed E-state index contributed by atoms with van der Waals surface area (Å²) in [7, 11) is -4.10. The van der Waals surface area contributed by atoms with Crippen LogP contribution in [0.3, 0.4) is 0 Å². The van der Waals surface area contributed by atoms with E-state index in [9.17, 15) is 23.4 Å². The Hall–Kier alpha value is -1.72. The van der Waals surface area contributed by atoms with Crippen LogP contribution in [0.25, 0.3) is 0 Å². The molecule has 3 rings (SSSR count). The Balaban J connectivity index is 1.78. The van der Waals surface area contributed by atoms with Crippen LogP contribution in [-0.2, 0) is 21.4 Å². The van der Waals surface area contributed by atoms with Crippen LogP contribution in [0.1, 0.15) is 24.6 Å². The zero-order chi connectivity index (χ0) is 20.5. The lowest BCUT2D eigenvalue weighted by Gasteiger charge is -2.41. The van der Waals surface area contributed by atoms with Gasteiger partial charge in [0, 0.05) is 12.7 Å². The molecular formula is C17H19ClN2O6S2. The van der Waals surface area contributed by atoms with Gasteiger partial charge in [0.25, 0.3) is 0 Å². The van der Waals surface area contributed by atoms with Gasteiger partial charge in [-0.3, -0.25) is 4.79 Å². The Morgan fingerprint density at radius 2 is 2.11 bits per heavy atom. The largest absolute Gasteiger partial charge is 0.488 e. The van der Waals surface area contributed by atoms with Gasteiger partial charge >= 0.3 is 5.97 Å². The topological polar surface area (TPSA) is 117 Å².